The summed E-state index contributed by atoms with van der Waals surface area (Å²) >= 11 is 0. The third-order valence-corrected chi connectivity index (χ3v) is 10.7. The second-order valence-corrected chi connectivity index (χ2v) is 20.8. The molecule has 0 spiro atoms. The summed E-state index contributed by atoms with van der Waals surface area (Å²) in [4.78, 5) is 27.9. The van der Waals surface area contributed by atoms with Gasteiger partial charge in [-0.1, -0.05) is 167 Å². The maximum Gasteiger partial charge on any atom is 0.339 e. The molecule has 6 heteroatoms. The van der Waals surface area contributed by atoms with Crippen LogP contribution in [-0.2, 0) is 44.1 Å². The van der Waals surface area contributed by atoms with E-state index in [9.17, 15) is 19.8 Å². The molecule has 0 heterocycles. The van der Waals surface area contributed by atoms with Gasteiger partial charge in [0.05, 0.1) is 0 Å². The van der Waals surface area contributed by atoms with Crippen molar-refractivity contribution in [2.45, 2.75) is 152 Å². The molecule has 59 heavy (non-hydrogen) atoms. The Kier molecular flexibility index (Phi) is 13.3. The Balaban J connectivity index is 1.67. The second-order valence-electron chi connectivity index (χ2n) is 20.8. The molecule has 4 aromatic carbocycles. The zero-order chi connectivity index (χ0) is 44.7. The highest BCUT2D eigenvalue weighted by Gasteiger charge is 2.30. The lowest BCUT2D eigenvalue weighted by atomic mass is 9.81. The number of phenols is 2. The Hall–Kier alpha value is -5.10. The molecule has 0 aliphatic heterocycles. The smallest absolute Gasteiger partial charge is 0.339 e. The molecular weight excluding hydrogens is 733 g/mol. The van der Waals surface area contributed by atoms with Gasteiger partial charge in [-0.2, -0.15) is 0 Å². The van der Waals surface area contributed by atoms with Crippen LogP contribution in [0, 0.1) is 27.7 Å². The van der Waals surface area contributed by atoms with Gasteiger partial charge in [-0.05, 0) is 71.6 Å². The molecule has 0 radical (unpaired) electrons. The van der Waals surface area contributed by atoms with Crippen molar-refractivity contribution >= 4 is 11.9 Å². The molecule has 0 saturated carbocycles. The van der Waals surface area contributed by atoms with E-state index in [1.807, 2.05) is 76.2 Å². The van der Waals surface area contributed by atoms with Crippen LogP contribution in [-0.4, -0.2) is 22.2 Å². The van der Waals surface area contributed by atoms with E-state index in [2.05, 4.69) is 96.2 Å². The maximum atomic E-state index is 14.0. The van der Waals surface area contributed by atoms with E-state index in [1.165, 1.54) is 0 Å². The number of rotatable bonds is 10. The summed E-state index contributed by atoms with van der Waals surface area (Å²) in [6, 6.07) is 16.0. The number of phenolic OH excluding ortho intramolecular Hbond substituents is 2. The van der Waals surface area contributed by atoms with E-state index in [4.69, 9.17) is 9.47 Å². The van der Waals surface area contributed by atoms with Crippen LogP contribution >= 0.6 is 0 Å². The van der Waals surface area contributed by atoms with Crippen LogP contribution in [0.4, 0.5) is 0 Å². The van der Waals surface area contributed by atoms with Crippen molar-refractivity contribution in [3.63, 3.8) is 0 Å². The number of carbonyl (C=O) groups excluding carboxylic acids is 2. The number of hydrogen-bond acceptors (Lipinski definition) is 6. The molecule has 316 valence electrons. The molecule has 4 rings (SSSR count). The molecule has 0 aromatic heterocycles. The van der Waals surface area contributed by atoms with Crippen molar-refractivity contribution in [1.29, 1.82) is 0 Å². The molecule has 0 saturated heterocycles. The van der Waals surface area contributed by atoms with Crippen molar-refractivity contribution in [1.82, 2.24) is 0 Å². The fraction of sp³-hybridized carbons (Fsp3) is 0.434. The molecule has 0 aliphatic carbocycles. The van der Waals surface area contributed by atoms with Gasteiger partial charge in [0.25, 0.3) is 0 Å². The fourth-order valence-electron chi connectivity index (χ4n) is 7.58. The maximum absolute atomic E-state index is 14.0. The van der Waals surface area contributed by atoms with Crippen molar-refractivity contribution in [2.24, 2.45) is 0 Å². The predicted molar refractivity (Wildman–Crippen MR) is 243 cm³/mol. The topological polar surface area (TPSA) is 93.1 Å². The number of hydrogen-bond donors (Lipinski definition) is 2. The summed E-state index contributed by atoms with van der Waals surface area (Å²) in [5, 5.41) is 22.9. The fourth-order valence-corrected chi connectivity index (χ4v) is 7.58. The summed E-state index contributed by atoms with van der Waals surface area (Å²) in [5.41, 5.74) is 9.18. The predicted octanol–water partition coefficient (Wildman–Crippen LogP) is 12.7. The first-order chi connectivity index (χ1) is 26.9. The summed E-state index contributed by atoms with van der Waals surface area (Å²) in [6.45, 7) is 40.9. The third kappa shape index (κ3) is 11.1. The molecular formula is C53H68O6. The highest BCUT2D eigenvalue weighted by molar-refractivity contribution is 5.96. The number of carbonyl (C=O) groups is 2. The summed E-state index contributed by atoms with van der Waals surface area (Å²) in [7, 11) is 0. The minimum absolute atomic E-state index is 0.0475. The lowest BCUT2D eigenvalue weighted by molar-refractivity contribution is -0.130. The normalized spacial score (nSPS) is 12.3. The zero-order valence-electron chi connectivity index (χ0n) is 38.7. The summed E-state index contributed by atoms with van der Waals surface area (Å²) in [6.07, 6.45) is 0.502. The van der Waals surface area contributed by atoms with Crippen LogP contribution in [0.1, 0.15) is 156 Å². The van der Waals surface area contributed by atoms with Crippen LogP contribution in [0.5, 0.6) is 23.0 Å². The molecule has 0 bridgehead atoms. The average molecular weight is 801 g/mol. The molecule has 0 unspecified atom stereocenters. The highest BCUT2D eigenvalue weighted by atomic mass is 16.5. The van der Waals surface area contributed by atoms with Gasteiger partial charge in [0, 0.05) is 52.7 Å². The molecule has 0 fully saturated rings. The van der Waals surface area contributed by atoms with Crippen LogP contribution in [0.3, 0.4) is 0 Å². The minimum Gasteiger partial charge on any atom is -0.507 e. The Bertz CT molecular complexity index is 2150. The van der Waals surface area contributed by atoms with E-state index in [0.717, 1.165) is 66.8 Å². The van der Waals surface area contributed by atoms with Gasteiger partial charge in [0.2, 0.25) is 0 Å². The van der Waals surface area contributed by atoms with Crippen molar-refractivity contribution < 1.29 is 29.3 Å². The zero-order valence-corrected chi connectivity index (χ0v) is 38.7. The third-order valence-electron chi connectivity index (χ3n) is 10.7. The minimum atomic E-state index is -0.686. The van der Waals surface area contributed by atoms with Crippen LogP contribution < -0.4 is 9.47 Å². The van der Waals surface area contributed by atoms with Crippen molar-refractivity contribution in [2.75, 3.05) is 0 Å². The van der Waals surface area contributed by atoms with E-state index in [-0.39, 0.29) is 39.9 Å². The van der Waals surface area contributed by atoms with Gasteiger partial charge >= 0.3 is 11.9 Å². The van der Waals surface area contributed by atoms with Gasteiger partial charge < -0.3 is 19.7 Å². The van der Waals surface area contributed by atoms with Gasteiger partial charge in [-0.25, -0.2) is 9.59 Å². The van der Waals surface area contributed by atoms with Crippen molar-refractivity contribution in [3.05, 3.63) is 140 Å². The van der Waals surface area contributed by atoms with Crippen LogP contribution in [0.25, 0.3) is 0 Å². The van der Waals surface area contributed by atoms with Gasteiger partial charge in [-0.3, -0.25) is 0 Å². The lowest BCUT2D eigenvalue weighted by Crippen LogP contribution is -2.21. The Morgan fingerprint density at radius 2 is 0.712 bits per heavy atom. The molecule has 0 atom stereocenters. The number of benzene rings is 4. The van der Waals surface area contributed by atoms with Crippen LogP contribution in [0.2, 0.25) is 0 Å². The van der Waals surface area contributed by atoms with Gasteiger partial charge in [0.1, 0.15) is 23.0 Å². The molecule has 0 amide bonds. The molecule has 0 aliphatic rings. The quantitative estimate of drug-likeness (QED) is 0.0942. The molecule has 2 N–H and O–H groups in total. The SMILES string of the molecule is C=C(CC(=C)C(=O)Oc1c(Cc2cc(C)cc(C(C)(C)C)c2O)cc(C)cc1C(C)(C)C)C(=O)Oc1c(Cc2cc(C)cc(C(C)(C)C)c2O)cc(C)cc1C(C)(C)C. The summed E-state index contributed by atoms with van der Waals surface area (Å²) in [5.74, 6) is -0.0865. The number of ether oxygens (including phenoxy) is 2. The van der Waals surface area contributed by atoms with Crippen LogP contribution in [0.15, 0.2) is 72.8 Å². The van der Waals surface area contributed by atoms with Gasteiger partial charge in [0.15, 0.2) is 0 Å². The lowest BCUT2D eigenvalue weighted by Gasteiger charge is -2.27. The standard InChI is InChI=1S/C53H68O6/c1-30-19-36(44(54)40(23-30)50(7,8)9)28-38-21-32(3)25-42(52(13,14)15)46(38)58-48(56)34(5)27-35(6)49(57)59-47-39(22-33(4)26-43(47)53(16,17)18)29-37-20-31(2)24-41(45(37)55)51(10,11)12/h19-26,54-55H,5-6,27-29H2,1-4,7-18H3. The molecule has 6 nitrogen and oxygen atoms in total. The Labute approximate surface area is 354 Å². The highest BCUT2D eigenvalue weighted by Crippen LogP contribution is 2.42. The summed E-state index contributed by atoms with van der Waals surface area (Å²) < 4.78 is 12.5. The monoisotopic (exact) mass is 801 g/mol. The number of esters is 2. The average Bonchev–Trinajstić information content (AvgIpc) is 3.07. The second kappa shape index (κ2) is 16.9. The van der Waals surface area contributed by atoms with E-state index in [0.29, 0.717) is 24.3 Å². The number of aromatic hydroxyl groups is 2. The molecule has 4 aromatic rings. The Morgan fingerprint density at radius 3 is 0.983 bits per heavy atom. The first kappa shape index (κ1) is 46.6. The first-order valence-electron chi connectivity index (χ1n) is 20.6. The number of aryl methyl sites for hydroxylation is 4. The van der Waals surface area contributed by atoms with Crippen molar-refractivity contribution in [3.8, 4) is 23.0 Å². The van der Waals surface area contributed by atoms with E-state index >= 15 is 0 Å². The van der Waals surface area contributed by atoms with Gasteiger partial charge in [-0.15, -0.1) is 0 Å². The first-order valence-corrected chi connectivity index (χ1v) is 20.6. The Morgan fingerprint density at radius 1 is 0.458 bits per heavy atom. The van der Waals surface area contributed by atoms with E-state index < -0.39 is 22.8 Å². The van der Waals surface area contributed by atoms with E-state index in [1.54, 1.807) is 0 Å². The largest absolute Gasteiger partial charge is 0.507 e.